The van der Waals surface area contributed by atoms with Gasteiger partial charge in [-0.15, -0.1) is 0 Å². The summed E-state index contributed by atoms with van der Waals surface area (Å²) >= 11 is 0. The highest BCUT2D eigenvalue weighted by atomic mass is 16.4. The van der Waals surface area contributed by atoms with Gasteiger partial charge < -0.3 is 5.11 Å². The normalized spacial score (nSPS) is 33.0. The van der Waals surface area contributed by atoms with Crippen molar-refractivity contribution in [2.75, 3.05) is 0 Å². The van der Waals surface area contributed by atoms with E-state index in [0.717, 1.165) is 6.42 Å². The van der Waals surface area contributed by atoms with Gasteiger partial charge in [0.25, 0.3) is 0 Å². The van der Waals surface area contributed by atoms with Crippen LogP contribution in [0.4, 0.5) is 0 Å². The first kappa shape index (κ1) is 6.33. The maximum absolute atomic E-state index is 10.3. The summed E-state index contributed by atoms with van der Waals surface area (Å²) in [5.74, 6) is -0.471. The van der Waals surface area contributed by atoms with E-state index >= 15 is 0 Å². The Kier molecular flexibility index (Phi) is 1.56. The second kappa shape index (κ2) is 2.21. The van der Waals surface area contributed by atoms with E-state index in [4.69, 9.17) is 5.11 Å². The van der Waals surface area contributed by atoms with E-state index in [2.05, 4.69) is 0 Å². The highest BCUT2D eigenvalue weighted by Crippen LogP contribution is 2.22. The molecule has 0 aromatic rings. The molecule has 1 aliphatic rings. The zero-order valence-electron chi connectivity index (χ0n) is 5.37. The predicted octanol–water partition coefficient (Wildman–Crippen LogP) is 1.28. The van der Waals surface area contributed by atoms with Crippen molar-refractivity contribution in [2.45, 2.75) is 13.3 Å². The fourth-order valence-electron chi connectivity index (χ4n) is 1.06. The van der Waals surface area contributed by atoms with Gasteiger partial charge in [0.05, 0.1) is 5.92 Å². The Morgan fingerprint density at radius 3 is 2.56 bits per heavy atom. The number of carboxylic acids is 1. The molecule has 0 spiro atoms. The molecule has 1 N–H and O–H groups in total. The van der Waals surface area contributed by atoms with Crippen LogP contribution in [0.5, 0.6) is 0 Å². The lowest BCUT2D eigenvalue weighted by molar-refractivity contribution is -0.140. The lowest BCUT2D eigenvalue weighted by Crippen LogP contribution is -2.08. The number of rotatable bonds is 1. The van der Waals surface area contributed by atoms with Crippen LogP contribution < -0.4 is 0 Å². The predicted molar refractivity (Wildman–Crippen MR) is 34.0 cm³/mol. The minimum absolute atomic E-state index is 0.222. The first-order valence-electron chi connectivity index (χ1n) is 3.11. The Morgan fingerprint density at radius 2 is 2.33 bits per heavy atom. The molecule has 0 heterocycles. The molecule has 2 atom stereocenters. The van der Waals surface area contributed by atoms with Gasteiger partial charge in [-0.1, -0.05) is 19.1 Å². The molecule has 2 nitrogen and oxygen atoms in total. The van der Waals surface area contributed by atoms with Crippen LogP contribution in [0.2, 0.25) is 0 Å². The summed E-state index contributed by atoms with van der Waals surface area (Å²) in [5, 5.41) is 8.48. The summed E-state index contributed by atoms with van der Waals surface area (Å²) in [6.07, 6.45) is 4.50. The van der Waals surface area contributed by atoms with E-state index < -0.39 is 5.97 Å². The van der Waals surface area contributed by atoms with E-state index in [9.17, 15) is 4.79 Å². The fourth-order valence-corrected chi connectivity index (χ4v) is 1.06. The number of allylic oxidation sites excluding steroid dienone is 1. The molecule has 50 valence electrons. The second-order valence-electron chi connectivity index (χ2n) is 2.54. The number of carboxylic acid groups (broad SMARTS) is 1. The van der Waals surface area contributed by atoms with Crippen LogP contribution in [0, 0.1) is 11.8 Å². The quantitative estimate of drug-likeness (QED) is 0.537. The van der Waals surface area contributed by atoms with Crippen LogP contribution in [0.25, 0.3) is 0 Å². The molecule has 0 aliphatic heterocycles. The SMILES string of the molecule is C[C@H]1C=C[C@@H](C(=O)O)C1. The lowest BCUT2D eigenvalue weighted by Gasteiger charge is -2.00. The van der Waals surface area contributed by atoms with E-state index in [0.29, 0.717) is 5.92 Å². The summed E-state index contributed by atoms with van der Waals surface area (Å²) in [6, 6.07) is 0. The Morgan fingerprint density at radius 1 is 1.67 bits per heavy atom. The van der Waals surface area contributed by atoms with Crippen LogP contribution in [-0.4, -0.2) is 11.1 Å². The third kappa shape index (κ3) is 1.31. The van der Waals surface area contributed by atoms with Gasteiger partial charge in [0.1, 0.15) is 0 Å². The van der Waals surface area contributed by atoms with Gasteiger partial charge in [-0.05, 0) is 12.3 Å². The van der Waals surface area contributed by atoms with Crippen molar-refractivity contribution in [3.63, 3.8) is 0 Å². The van der Waals surface area contributed by atoms with Gasteiger partial charge in [-0.3, -0.25) is 4.79 Å². The summed E-state index contributed by atoms with van der Waals surface area (Å²) in [7, 11) is 0. The highest BCUT2D eigenvalue weighted by Gasteiger charge is 2.20. The Bertz CT molecular complexity index is 149. The third-order valence-corrected chi connectivity index (χ3v) is 1.61. The number of hydrogen-bond donors (Lipinski definition) is 1. The zero-order chi connectivity index (χ0) is 6.85. The van der Waals surface area contributed by atoms with E-state index in [1.165, 1.54) is 0 Å². The van der Waals surface area contributed by atoms with Gasteiger partial charge in [0, 0.05) is 0 Å². The number of hydrogen-bond acceptors (Lipinski definition) is 1. The molecule has 0 bridgehead atoms. The molecular weight excluding hydrogens is 116 g/mol. The van der Waals surface area contributed by atoms with Crippen LogP contribution in [-0.2, 0) is 4.79 Å². The highest BCUT2D eigenvalue weighted by molar-refractivity contribution is 5.72. The van der Waals surface area contributed by atoms with E-state index in [-0.39, 0.29) is 5.92 Å². The van der Waals surface area contributed by atoms with Crippen LogP contribution in [0.3, 0.4) is 0 Å². The van der Waals surface area contributed by atoms with Crippen LogP contribution in [0.15, 0.2) is 12.2 Å². The summed E-state index contributed by atoms with van der Waals surface area (Å²) < 4.78 is 0. The summed E-state index contributed by atoms with van der Waals surface area (Å²) in [6.45, 7) is 2.03. The average molecular weight is 126 g/mol. The van der Waals surface area contributed by atoms with Gasteiger partial charge in [0.15, 0.2) is 0 Å². The van der Waals surface area contributed by atoms with Crippen molar-refractivity contribution in [1.29, 1.82) is 0 Å². The third-order valence-electron chi connectivity index (χ3n) is 1.61. The van der Waals surface area contributed by atoms with Crippen molar-refractivity contribution < 1.29 is 9.90 Å². The van der Waals surface area contributed by atoms with Crippen LogP contribution >= 0.6 is 0 Å². The summed E-state index contributed by atoms with van der Waals surface area (Å²) in [4.78, 5) is 10.3. The van der Waals surface area contributed by atoms with Gasteiger partial charge in [-0.2, -0.15) is 0 Å². The monoisotopic (exact) mass is 126 g/mol. The van der Waals surface area contributed by atoms with Crippen molar-refractivity contribution in [2.24, 2.45) is 11.8 Å². The molecular formula is C7H10O2. The van der Waals surface area contributed by atoms with Crippen molar-refractivity contribution in [1.82, 2.24) is 0 Å². The summed E-state index contributed by atoms with van der Waals surface area (Å²) in [5.41, 5.74) is 0. The Labute approximate surface area is 54.2 Å². The molecule has 0 saturated carbocycles. The number of carbonyl (C=O) groups is 1. The average Bonchev–Trinajstić information content (AvgIpc) is 2.14. The smallest absolute Gasteiger partial charge is 0.310 e. The molecule has 0 saturated heterocycles. The molecule has 1 rings (SSSR count). The Balaban J connectivity index is 2.50. The maximum Gasteiger partial charge on any atom is 0.310 e. The van der Waals surface area contributed by atoms with Crippen molar-refractivity contribution in [3.8, 4) is 0 Å². The first-order chi connectivity index (χ1) is 4.20. The van der Waals surface area contributed by atoms with Gasteiger partial charge in [-0.25, -0.2) is 0 Å². The minimum Gasteiger partial charge on any atom is -0.481 e. The molecule has 2 heteroatoms. The maximum atomic E-state index is 10.3. The standard InChI is InChI=1S/C7H10O2/c1-5-2-3-6(4-5)7(8)9/h2-3,5-6H,4H2,1H3,(H,8,9)/t5-,6+/m0/s1. The fraction of sp³-hybridized carbons (Fsp3) is 0.571. The zero-order valence-corrected chi connectivity index (χ0v) is 5.37. The molecule has 0 aromatic heterocycles. The van der Waals surface area contributed by atoms with Gasteiger partial charge in [0.2, 0.25) is 0 Å². The minimum atomic E-state index is -0.699. The molecule has 1 aliphatic carbocycles. The molecule has 9 heavy (non-hydrogen) atoms. The van der Waals surface area contributed by atoms with Gasteiger partial charge >= 0.3 is 5.97 Å². The molecule has 0 fully saturated rings. The largest absolute Gasteiger partial charge is 0.481 e. The Hall–Kier alpha value is -0.790. The second-order valence-corrected chi connectivity index (χ2v) is 2.54. The number of aliphatic carboxylic acids is 1. The van der Waals surface area contributed by atoms with Crippen molar-refractivity contribution >= 4 is 5.97 Å². The van der Waals surface area contributed by atoms with E-state index in [1.807, 2.05) is 13.0 Å². The lowest BCUT2D eigenvalue weighted by atomic mass is 10.1. The first-order valence-corrected chi connectivity index (χ1v) is 3.11. The van der Waals surface area contributed by atoms with Crippen molar-refractivity contribution in [3.05, 3.63) is 12.2 Å². The van der Waals surface area contributed by atoms with E-state index in [1.54, 1.807) is 6.08 Å². The molecule has 0 radical (unpaired) electrons. The molecule has 0 unspecified atom stereocenters. The topological polar surface area (TPSA) is 37.3 Å². The molecule has 0 amide bonds. The van der Waals surface area contributed by atoms with Crippen LogP contribution in [0.1, 0.15) is 13.3 Å². The molecule has 0 aromatic carbocycles.